The Hall–Kier alpha value is -4.64. The number of hydrogen-bond acceptors (Lipinski definition) is 8. The number of allylic oxidation sites excluding steroid dienone is 1. The number of nitrogens with zero attached hydrogens (tertiary/aromatic N) is 1. The van der Waals surface area contributed by atoms with Gasteiger partial charge in [0.25, 0.3) is 0 Å². The summed E-state index contributed by atoms with van der Waals surface area (Å²) < 4.78 is 31.9. The lowest BCUT2D eigenvalue weighted by atomic mass is 10.0. The Morgan fingerprint density at radius 3 is 1.80 bits per heavy atom. The van der Waals surface area contributed by atoms with Crippen LogP contribution < -0.4 is 28.4 Å². The monoisotopic (exact) mass is 475 g/mol. The lowest BCUT2D eigenvalue weighted by molar-refractivity contribution is 0.0734. The van der Waals surface area contributed by atoms with Crippen LogP contribution in [-0.2, 0) is 0 Å². The minimum atomic E-state index is -0.587. The van der Waals surface area contributed by atoms with Gasteiger partial charge in [0.2, 0.25) is 5.75 Å². The minimum absolute atomic E-state index is 0.240. The van der Waals surface area contributed by atoms with E-state index >= 15 is 0 Å². The molecule has 8 heteroatoms. The average Bonchev–Trinajstić information content (AvgIpc) is 2.91. The van der Waals surface area contributed by atoms with E-state index in [1.54, 1.807) is 55.7 Å². The maximum absolute atomic E-state index is 12.7. The molecule has 0 saturated heterocycles. The van der Waals surface area contributed by atoms with Crippen molar-refractivity contribution in [1.82, 2.24) is 0 Å². The Kier molecular flexibility index (Phi) is 8.20. The molecule has 0 N–H and O–H groups in total. The highest BCUT2D eigenvalue weighted by molar-refractivity contribution is 5.93. The fourth-order valence-electron chi connectivity index (χ4n) is 3.35. The third-order valence-corrected chi connectivity index (χ3v) is 5.12. The molecule has 0 unspecified atom stereocenters. The first-order valence-electron chi connectivity index (χ1n) is 10.4. The molecule has 35 heavy (non-hydrogen) atoms. The van der Waals surface area contributed by atoms with Crippen LogP contribution in [0.3, 0.4) is 0 Å². The Morgan fingerprint density at radius 1 is 0.714 bits per heavy atom. The van der Waals surface area contributed by atoms with Crippen LogP contribution in [0.1, 0.15) is 21.5 Å². The molecule has 0 aliphatic carbocycles. The normalized spacial score (nSPS) is 10.7. The Morgan fingerprint density at radius 2 is 1.29 bits per heavy atom. The summed E-state index contributed by atoms with van der Waals surface area (Å²) in [7, 11) is 7.51. The highest BCUT2D eigenvalue weighted by Crippen LogP contribution is 2.38. The van der Waals surface area contributed by atoms with Gasteiger partial charge < -0.3 is 28.4 Å². The number of methoxy groups -OCH3 is 5. The number of ether oxygens (including phenoxy) is 6. The highest BCUT2D eigenvalue weighted by atomic mass is 16.5. The fourth-order valence-corrected chi connectivity index (χ4v) is 3.35. The summed E-state index contributed by atoms with van der Waals surface area (Å²) in [5.74, 6) is 1.93. The molecule has 8 nitrogen and oxygen atoms in total. The van der Waals surface area contributed by atoms with Crippen molar-refractivity contribution < 1.29 is 33.2 Å². The summed E-state index contributed by atoms with van der Waals surface area (Å²) in [5.41, 5.74) is 2.11. The summed E-state index contributed by atoms with van der Waals surface area (Å²) in [4.78, 5) is 12.7. The fraction of sp³-hybridized carbons (Fsp3) is 0.185. The molecule has 3 rings (SSSR count). The first-order chi connectivity index (χ1) is 17.0. The number of nitriles is 1. The van der Waals surface area contributed by atoms with Crippen LogP contribution in [0, 0.1) is 11.3 Å². The molecule has 0 fully saturated rings. The molecule has 0 aliphatic rings. The van der Waals surface area contributed by atoms with Gasteiger partial charge in [-0.1, -0.05) is 12.1 Å². The van der Waals surface area contributed by atoms with Gasteiger partial charge in [-0.25, -0.2) is 4.79 Å². The topological polar surface area (TPSA) is 96.2 Å². The van der Waals surface area contributed by atoms with E-state index in [0.29, 0.717) is 45.6 Å². The van der Waals surface area contributed by atoms with Crippen LogP contribution >= 0.6 is 0 Å². The zero-order valence-corrected chi connectivity index (χ0v) is 20.1. The van der Waals surface area contributed by atoms with E-state index < -0.39 is 5.97 Å². The maximum Gasteiger partial charge on any atom is 0.343 e. The van der Waals surface area contributed by atoms with Gasteiger partial charge in [-0.15, -0.1) is 0 Å². The smallest absolute Gasteiger partial charge is 0.343 e. The molecule has 0 bridgehead atoms. The van der Waals surface area contributed by atoms with Gasteiger partial charge in [0.1, 0.15) is 5.75 Å². The molecule has 180 valence electrons. The third-order valence-electron chi connectivity index (χ3n) is 5.12. The van der Waals surface area contributed by atoms with Gasteiger partial charge in [-0.3, -0.25) is 0 Å². The molecule has 3 aromatic rings. The number of carbonyl (C=O) groups excluding carboxylic acids is 1. The summed E-state index contributed by atoms with van der Waals surface area (Å²) in [5, 5.41) is 9.66. The third kappa shape index (κ3) is 5.65. The second-order valence-corrected chi connectivity index (χ2v) is 7.11. The zero-order valence-electron chi connectivity index (χ0n) is 20.1. The predicted octanol–water partition coefficient (Wildman–Crippen LogP) is 5.01. The molecular formula is C27H25NO7. The molecule has 0 aliphatic heterocycles. The van der Waals surface area contributed by atoms with Crippen LogP contribution in [0.2, 0.25) is 0 Å². The second kappa shape index (κ2) is 11.5. The van der Waals surface area contributed by atoms with Crippen LogP contribution in [0.5, 0.6) is 34.5 Å². The van der Waals surface area contributed by atoms with Gasteiger partial charge in [-0.2, -0.15) is 5.26 Å². The molecule has 0 saturated carbocycles. The molecule has 0 radical (unpaired) electrons. The van der Waals surface area contributed by atoms with Crippen molar-refractivity contribution in [2.75, 3.05) is 35.5 Å². The van der Waals surface area contributed by atoms with Crippen molar-refractivity contribution in [3.05, 3.63) is 71.3 Å². The molecule has 0 aromatic heterocycles. The molecule has 0 heterocycles. The predicted molar refractivity (Wildman–Crippen MR) is 131 cm³/mol. The van der Waals surface area contributed by atoms with Gasteiger partial charge in [0.15, 0.2) is 23.0 Å². The van der Waals surface area contributed by atoms with Crippen LogP contribution in [0.25, 0.3) is 11.6 Å². The quantitative estimate of drug-likeness (QED) is 0.184. The second-order valence-electron chi connectivity index (χ2n) is 7.11. The average molecular weight is 475 g/mol. The lowest BCUT2D eigenvalue weighted by Crippen LogP contribution is -2.09. The molecule has 0 spiro atoms. The summed E-state index contributed by atoms with van der Waals surface area (Å²) in [6.45, 7) is 0. The largest absolute Gasteiger partial charge is 0.493 e. The first kappa shape index (κ1) is 25.0. The van der Waals surface area contributed by atoms with Crippen LogP contribution in [0.4, 0.5) is 0 Å². The standard InChI is InChI=1S/C27H25NO7/c1-30-22-11-8-18(13-23(22)31-2)20(16-28)12-17-6-9-21(10-7-17)35-27(29)19-14-24(32-3)26(34-5)25(15-19)33-4/h6-15H,1-5H3/b20-12-. The number of rotatable bonds is 9. The van der Waals surface area contributed by atoms with E-state index in [1.165, 1.54) is 40.6 Å². The minimum Gasteiger partial charge on any atom is -0.493 e. The summed E-state index contributed by atoms with van der Waals surface area (Å²) >= 11 is 0. The van der Waals surface area contributed by atoms with Crippen molar-refractivity contribution in [3.63, 3.8) is 0 Å². The lowest BCUT2D eigenvalue weighted by Gasteiger charge is -2.13. The van der Waals surface area contributed by atoms with Crippen LogP contribution in [-0.4, -0.2) is 41.5 Å². The highest BCUT2D eigenvalue weighted by Gasteiger charge is 2.18. The number of hydrogen-bond donors (Lipinski definition) is 0. The number of benzene rings is 3. The van der Waals surface area contributed by atoms with Gasteiger partial charge >= 0.3 is 5.97 Å². The van der Waals surface area contributed by atoms with E-state index in [-0.39, 0.29) is 5.56 Å². The van der Waals surface area contributed by atoms with Crippen molar-refractivity contribution in [1.29, 1.82) is 5.26 Å². The zero-order chi connectivity index (χ0) is 25.4. The van der Waals surface area contributed by atoms with Gasteiger partial charge in [0, 0.05) is 0 Å². The van der Waals surface area contributed by atoms with E-state index in [0.717, 1.165) is 5.56 Å². The van der Waals surface area contributed by atoms with E-state index in [4.69, 9.17) is 28.4 Å². The van der Waals surface area contributed by atoms with Crippen molar-refractivity contribution in [3.8, 4) is 40.6 Å². The number of esters is 1. The Labute approximate surface area is 203 Å². The number of carbonyl (C=O) groups is 1. The molecular weight excluding hydrogens is 450 g/mol. The molecule has 3 aromatic carbocycles. The van der Waals surface area contributed by atoms with Crippen LogP contribution in [0.15, 0.2) is 54.6 Å². The molecule has 0 amide bonds. The summed E-state index contributed by atoms with van der Waals surface area (Å²) in [6.07, 6.45) is 1.73. The first-order valence-corrected chi connectivity index (χ1v) is 10.4. The van der Waals surface area contributed by atoms with Crippen molar-refractivity contribution in [2.24, 2.45) is 0 Å². The summed E-state index contributed by atoms with van der Waals surface area (Å²) in [6, 6.07) is 17.3. The van der Waals surface area contributed by atoms with Gasteiger partial charge in [0.05, 0.1) is 52.8 Å². The van der Waals surface area contributed by atoms with E-state index in [2.05, 4.69) is 6.07 Å². The Balaban J connectivity index is 1.81. The van der Waals surface area contributed by atoms with Gasteiger partial charge in [-0.05, 0) is 59.7 Å². The van der Waals surface area contributed by atoms with Crippen molar-refractivity contribution in [2.45, 2.75) is 0 Å². The van der Waals surface area contributed by atoms with Crippen molar-refractivity contribution >= 4 is 17.6 Å². The molecule has 0 atom stereocenters. The maximum atomic E-state index is 12.7. The Bertz CT molecular complexity index is 1250. The van der Waals surface area contributed by atoms with E-state index in [1.807, 2.05) is 0 Å². The van der Waals surface area contributed by atoms with E-state index in [9.17, 15) is 10.1 Å². The SMILES string of the molecule is COc1ccc(/C(C#N)=C\c2ccc(OC(=O)c3cc(OC)c(OC)c(OC)c3)cc2)cc1OC.